The fourth-order valence-corrected chi connectivity index (χ4v) is 2.90. The van der Waals surface area contributed by atoms with Crippen LogP contribution in [0, 0.1) is 0 Å². The molecule has 1 saturated heterocycles. The first-order valence-corrected chi connectivity index (χ1v) is 6.74. The van der Waals surface area contributed by atoms with E-state index in [1.165, 1.54) is 12.8 Å². The molecule has 1 heterocycles. The third-order valence-corrected chi connectivity index (χ3v) is 4.30. The van der Waals surface area contributed by atoms with Gasteiger partial charge in [0.1, 0.15) is 0 Å². The summed E-state index contributed by atoms with van der Waals surface area (Å²) in [5.41, 5.74) is 1.09. The third kappa shape index (κ3) is 2.65. The first-order chi connectivity index (χ1) is 7.72. The number of hydrogen-bond acceptors (Lipinski definition) is 1. The number of halogens is 3. The molecule has 0 aromatic heterocycles. The number of benzene rings is 1. The normalized spacial score (nSPS) is 21.6. The van der Waals surface area contributed by atoms with Crippen molar-refractivity contribution in [2.45, 2.75) is 25.4 Å². The van der Waals surface area contributed by atoms with Crippen molar-refractivity contribution in [1.29, 1.82) is 0 Å². The quantitative estimate of drug-likeness (QED) is 0.749. The highest BCUT2D eigenvalue weighted by atomic mass is 35.5. The molecule has 1 nitrogen and oxygen atoms in total. The SMILES string of the molecule is ClCC1CCCN1Cc1cccc(Cl)c1Cl. The summed E-state index contributed by atoms with van der Waals surface area (Å²) in [6.07, 6.45) is 2.40. The number of rotatable bonds is 3. The molecule has 1 unspecified atom stereocenters. The Hall–Kier alpha value is 0.0500. The Labute approximate surface area is 111 Å². The summed E-state index contributed by atoms with van der Waals surface area (Å²) in [6.45, 7) is 1.94. The summed E-state index contributed by atoms with van der Waals surface area (Å²) in [7, 11) is 0. The van der Waals surface area contributed by atoms with Gasteiger partial charge in [-0.15, -0.1) is 11.6 Å². The zero-order valence-electron chi connectivity index (χ0n) is 8.93. The minimum absolute atomic E-state index is 0.483. The Morgan fingerprint density at radius 3 is 2.88 bits per heavy atom. The molecule has 0 aliphatic carbocycles. The second-order valence-corrected chi connectivity index (χ2v) is 5.23. The Bertz CT molecular complexity index is 367. The molecule has 1 fully saturated rings. The first kappa shape index (κ1) is 12.5. The van der Waals surface area contributed by atoms with E-state index >= 15 is 0 Å². The van der Waals surface area contributed by atoms with Crippen LogP contribution in [0.2, 0.25) is 10.0 Å². The van der Waals surface area contributed by atoms with E-state index in [0.29, 0.717) is 22.0 Å². The van der Waals surface area contributed by atoms with E-state index in [9.17, 15) is 0 Å². The average Bonchev–Trinajstić information content (AvgIpc) is 2.72. The van der Waals surface area contributed by atoms with E-state index in [1.54, 1.807) is 0 Å². The van der Waals surface area contributed by atoms with E-state index in [1.807, 2.05) is 18.2 Å². The maximum Gasteiger partial charge on any atom is 0.0637 e. The van der Waals surface area contributed by atoms with Crippen LogP contribution >= 0.6 is 34.8 Å². The van der Waals surface area contributed by atoms with E-state index in [0.717, 1.165) is 18.7 Å². The summed E-state index contributed by atoms with van der Waals surface area (Å²) in [4.78, 5) is 2.38. The highest BCUT2D eigenvalue weighted by molar-refractivity contribution is 6.42. The molecule has 4 heteroatoms. The van der Waals surface area contributed by atoms with Crippen LogP contribution in [0.15, 0.2) is 18.2 Å². The van der Waals surface area contributed by atoms with Gasteiger partial charge in [0.15, 0.2) is 0 Å². The van der Waals surface area contributed by atoms with Crippen molar-refractivity contribution in [2.75, 3.05) is 12.4 Å². The van der Waals surface area contributed by atoms with Gasteiger partial charge in [-0.05, 0) is 31.0 Å². The van der Waals surface area contributed by atoms with Gasteiger partial charge in [0.05, 0.1) is 10.0 Å². The molecule has 0 spiro atoms. The van der Waals surface area contributed by atoms with Gasteiger partial charge in [-0.1, -0.05) is 35.3 Å². The standard InChI is InChI=1S/C12H14Cl3N/c13-7-10-4-2-6-16(10)8-9-3-1-5-11(14)12(9)15/h1,3,5,10H,2,4,6-8H2. The second kappa shape index (κ2) is 5.59. The van der Waals surface area contributed by atoms with Crippen LogP contribution in [0.25, 0.3) is 0 Å². The predicted molar refractivity (Wildman–Crippen MR) is 70.6 cm³/mol. The Balaban J connectivity index is 2.11. The van der Waals surface area contributed by atoms with Crippen molar-refractivity contribution in [2.24, 2.45) is 0 Å². The maximum absolute atomic E-state index is 6.17. The minimum atomic E-state index is 0.483. The highest BCUT2D eigenvalue weighted by Crippen LogP contribution is 2.29. The molecule has 88 valence electrons. The van der Waals surface area contributed by atoms with Crippen LogP contribution in [0.5, 0.6) is 0 Å². The van der Waals surface area contributed by atoms with Gasteiger partial charge in [-0.25, -0.2) is 0 Å². The topological polar surface area (TPSA) is 3.24 Å². The molecular weight excluding hydrogens is 264 g/mol. The van der Waals surface area contributed by atoms with Crippen LogP contribution in [0.1, 0.15) is 18.4 Å². The third-order valence-electron chi connectivity index (χ3n) is 3.08. The molecule has 16 heavy (non-hydrogen) atoms. The zero-order chi connectivity index (χ0) is 11.5. The summed E-state index contributed by atoms with van der Waals surface area (Å²) < 4.78 is 0. The Morgan fingerprint density at radius 2 is 2.12 bits per heavy atom. The molecule has 0 N–H and O–H groups in total. The summed E-state index contributed by atoms with van der Waals surface area (Å²) in [5.74, 6) is 0.693. The molecule has 1 atom stereocenters. The Kier molecular flexibility index (Phi) is 4.37. The molecule has 0 saturated carbocycles. The first-order valence-electron chi connectivity index (χ1n) is 5.45. The minimum Gasteiger partial charge on any atom is -0.295 e. The summed E-state index contributed by atoms with van der Waals surface area (Å²) in [6, 6.07) is 6.26. The van der Waals surface area contributed by atoms with Crippen LogP contribution in [-0.4, -0.2) is 23.4 Å². The lowest BCUT2D eigenvalue weighted by molar-refractivity contribution is 0.263. The van der Waals surface area contributed by atoms with Crippen LogP contribution < -0.4 is 0 Å². The highest BCUT2D eigenvalue weighted by Gasteiger charge is 2.24. The van der Waals surface area contributed by atoms with Crippen molar-refractivity contribution in [3.05, 3.63) is 33.8 Å². The lowest BCUT2D eigenvalue weighted by atomic mass is 10.2. The summed E-state index contributed by atoms with van der Waals surface area (Å²) >= 11 is 18.1. The van der Waals surface area contributed by atoms with Crippen LogP contribution in [-0.2, 0) is 6.54 Å². The number of likely N-dealkylation sites (tertiary alicyclic amines) is 1. The number of nitrogens with zero attached hydrogens (tertiary/aromatic N) is 1. The van der Waals surface area contributed by atoms with Gasteiger partial charge >= 0.3 is 0 Å². The van der Waals surface area contributed by atoms with Gasteiger partial charge in [-0.3, -0.25) is 4.90 Å². The van der Waals surface area contributed by atoms with Crippen molar-refractivity contribution in [3.8, 4) is 0 Å². The molecule has 0 bridgehead atoms. The maximum atomic E-state index is 6.17. The van der Waals surface area contributed by atoms with Crippen molar-refractivity contribution < 1.29 is 0 Å². The van der Waals surface area contributed by atoms with E-state index in [2.05, 4.69) is 4.90 Å². The van der Waals surface area contributed by atoms with Crippen molar-refractivity contribution in [3.63, 3.8) is 0 Å². The van der Waals surface area contributed by atoms with Gasteiger partial charge in [0.2, 0.25) is 0 Å². The van der Waals surface area contributed by atoms with Gasteiger partial charge in [0.25, 0.3) is 0 Å². The lowest BCUT2D eigenvalue weighted by Crippen LogP contribution is -2.30. The molecule has 1 aliphatic heterocycles. The van der Waals surface area contributed by atoms with Crippen molar-refractivity contribution >= 4 is 34.8 Å². The molecule has 1 aliphatic rings. The number of hydrogen-bond donors (Lipinski definition) is 0. The van der Waals surface area contributed by atoms with E-state index in [-0.39, 0.29) is 0 Å². The van der Waals surface area contributed by atoms with E-state index in [4.69, 9.17) is 34.8 Å². The van der Waals surface area contributed by atoms with Crippen molar-refractivity contribution in [1.82, 2.24) is 4.90 Å². The van der Waals surface area contributed by atoms with Gasteiger partial charge < -0.3 is 0 Å². The average molecular weight is 279 g/mol. The second-order valence-electron chi connectivity index (χ2n) is 4.13. The molecule has 0 amide bonds. The van der Waals surface area contributed by atoms with E-state index < -0.39 is 0 Å². The fourth-order valence-electron chi connectivity index (χ4n) is 2.17. The fraction of sp³-hybridized carbons (Fsp3) is 0.500. The molecule has 1 aromatic rings. The monoisotopic (exact) mass is 277 g/mol. The number of alkyl halides is 1. The Morgan fingerprint density at radius 1 is 1.31 bits per heavy atom. The predicted octanol–water partition coefficient (Wildman–Crippen LogP) is 4.20. The molecule has 2 rings (SSSR count). The lowest BCUT2D eigenvalue weighted by Gasteiger charge is -2.23. The smallest absolute Gasteiger partial charge is 0.0637 e. The van der Waals surface area contributed by atoms with Gasteiger partial charge in [-0.2, -0.15) is 0 Å². The molecule has 0 radical (unpaired) electrons. The molecule has 1 aromatic carbocycles. The van der Waals surface area contributed by atoms with Gasteiger partial charge in [0, 0.05) is 18.5 Å². The largest absolute Gasteiger partial charge is 0.295 e. The zero-order valence-corrected chi connectivity index (χ0v) is 11.2. The van der Waals surface area contributed by atoms with Crippen LogP contribution in [0.4, 0.5) is 0 Å². The summed E-state index contributed by atoms with van der Waals surface area (Å²) in [5, 5.41) is 1.30. The van der Waals surface area contributed by atoms with Crippen LogP contribution in [0.3, 0.4) is 0 Å². The molecular formula is C12H14Cl3N.